The van der Waals surface area contributed by atoms with Gasteiger partial charge in [0.15, 0.2) is 0 Å². The molecule has 5 nitrogen and oxygen atoms in total. The van der Waals surface area contributed by atoms with Crippen molar-refractivity contribution in [2.24, 2.45) is 5.11 Å². The van der Waals surface area contributed by atoms with Gasteiger partial charge in [-0.05, 0) is 23.2 Å². The van der Waals surface area contributed by atoms with Crippen LogP contribution in [0.5, 0.6) is 0 Å². The molecule has 2 aromatic rings. The second-order valence-electron chi connectivity index (χ2n) is 3.19. The molecule has 0 aliphatic carbocycles. The predicted molar refractivity (Wildman–Crippen MR) is 57.3 cm³/mol. The monoisotopic (exact) mass is 202 g/mol. The van der Waals surface area contributed by atoms with E-state index in [1.54, 1.807) is 0 Å². The third kappa shape index (κ3) is 1.66. The Morgan fingerprint density at radius 3 is 3.07 bits per heavy atom. The number of rotatable bonds is 3. The number of nitrogens with one attached hydrogen (secondary N) is 1. The molecule has 76 valence electrons. The van der Waals surface area contributed by atoms with Gasteiger partial charge < -0.3 is 10.1 Å². The van der Waals surface area contributed by atoms with Gasteiger partial charge in [0, 0.05) is 22.0 Å². The Morgan fingerprint density at radius 2 is 2.33 bits per heavy atom. The molecular weight excluding hydrogens is 192 g/mol. The van der Waals surface area contributed by atoms with Gasteiger partial charge in [-0.25, -0.2) is 0 Å². The Labute approximate surface area is 86.0 Å². The fourth-order valence-corrected chi connectivity index (χ4v) is 1.66. The van der Waals surface area contributed by atoms with Crippen molar-refractivity contribution in [2.75, 3.05) is 6.61 Å². The standard InChI is InChI=1S/C10H10N4O/c11-14-13-10(6-15)7-2-1-3-9-8(7)4-5-12-9/h1-5,10,12,15H,6H2. The van der Waals surface area contributed by atoms with E-state index in [-0.39, 0.29) is 6.61 Å². The van der Waals surface area contributed by atoms with Crippen LogP contribution in [-0.2, 0) is 0 Å². The van der Waals surface area contributed by atoms with Crippen LogP contribution in [0.3, 0.4) is 0 Å². The number of aliphatic hydroxyl groups excluding tert-OH is 1. The maximum absolute atomic E-state index is 9.13. The van der Waals surface area contributed by atoms with Gasteiger partial charge >= 0.3 is 0 Å². The molecule has 0 aliphatic rings. The number of nitrogens with zero attached hydrogens (tertiary/aromatic N) is 3. The fourth-order valence-electron chi connectivity index (χ4n) is 1.66. The number of benzene rings is 1. The number of azide groups is 1. The lowest BCUT2D eigenvalue weighted by Crippen LogP contribution is -2.00. The first-order chi connectivity index (χ1) is 7.36. The summed E-state index contributed by atoms with van der Waals surface area (Å²) < 4.78 is 0. The molecule has 0 saturated heterocycles. The maximum atomic E-state index is 9.13. The number of hydrogen-bond acceptors (Lipinski definition) is 2. The van der Waals surface area contributed by atoms with Crippen LogP contribution >= 0.6 is 0 Å². The van der Waals surface area contributed by atoms with Crippen molar-refractivity contribution in [3.05, 3.63) is 46.5 Å². The molecule has 0 bridgehead atoms. The minimum atomic E-state index is -0.519. The van der Waals surface area contributed by atoms with Crippen LogP contribution < -0.4 is 0 Å². The first kappa shape index (κ1) is 9.58. The summed E-state index contributed by atoms with van der Waals surface area (Å²) >= 11 is 0. The van der Waals surface area contributed by atoms with Gasteiger partial charge in [0.25, 0.3) is 0 Å². The van der Waals surface area contributed by atoms with Crippen LogP contribution in [0, 0.1) is 0 Å². The Kier molecular flexibility index (Phi) is 2.58. The summed E-state index contributed by atoms with van der Waals surface area (Å²) in [5, 5.41) is 13.7. The number of aromatic amines is 1. The summed E-state index contributed by atoms with van der Waals surface area (Å²) in [6, 6.07) is 7.04. The summed E-state index contributed by atoms with van der Waals surface area (Å²) in [5.41, 5.74) is 10.2. The number of hydrogen-bond donors (Lipinski definition) is 2. The SMILES string of the molecule is [N-]=[N+]=NC(CO)c1cccc2[nH]ccc12. The second kappa shape index (κ2) is 4.04. The molecule has 0 aliphatic heterocycles. The van der Waals surface area contributed by atoms with Crippen LogP contribution in [0.25, 0.3) is 21.3 Å². The molecule has 1 heterocycles. The molecule has 0 radical (unpaired) electrons. The largest absolute Gasteiger partial charge is 0.396 e. The maximum Gasteiger partial charge on any atom is 0.0862 e. The lowest BCUT2D eigenvalue weighted by atomic mass is 10.0. The molecule has 0 spiro atoms. The van der Waals surface area contributed by atoms with Gasteiger partial charge in [-0.2, -0.15) is 0 Å². The Hall–Kier alpha value is -1.97. The van der Waals surface area contributed by atoms with Crippen molar-refractivity contribution in [3.63, 3.8) is 0 Å². The Bertz CT molecular complexity index is 513. The van der Waals surface area contributed by atoms with E-state index in [0.29, 0.717) is 0 Å². The highest BCUT2D eigenvalue weighted by atomic mass is 16.3. The summed E-state index contributed by atoms with van der Waals surface area (Å²) in [6.45, 7) is -0.186. The molecule has 2 rings (SSSR count). The Morgan fingerprint density at radius 1 is 1.47 bits per heavy atom. The highest BCUT2D eigenvalue weighted by Gasteiger charge is 2.11. The molecule has 1 unspecified atom stereocenters. The van der Waals surface area contributed by atoms with E-state index in [4.69, 9.17) is 10.6 Å². The van der Waals surface area contributed by atoms with Crippen molar-refractivity contribution >= 4 is 10.9 Å². The van der Waals surface area contributed by atoms with Gasteiger partial charge in [0.05, 0.1) is 12.6 Å². The van der Waals surface area contributed by atoms with Gasteiger partial charge in [-0.1, -0.05) is 17.2 Å². The first-order valence-corrected chi connectivity index (χ1v) is 4.58. The van der Waals surface area contributed by atoms with E-state index < -0.39 is 6.04 Å². The van der Waals surface area contributed by atoms with E-state index in [2.05, 4.69) is 15.0 Å². The number of fused-ring (bicyclic) bond motifs is 1. The van der Waals surface area contributed by atoms with E-state index >= 15 is 0 Å². The average Bonchev–Trinajstić information content (AvgIpc) is 2.73. The molecule has 15 heavy (non-hydrogen) atoms. The predicted octanol–water partition coefficient (Wildman–Crippen LogP) is 2.51. The molecule has 0 fully saturated rings. The van der Waals surface area contributed by atoms with Gasteiger partial charge in [0.2, 0.25) is 0 Å². The van der Waals surface area contributed by atoms with Gasteiger partial charge in [-0.3, -0.25) is 0 Å². The molecule has 0 amide bonds. The lowest BCUT2D eigenvalue weighted by Gasteiger charge is -2.08. The lowest BCUT2D eigenvalue weighted by molar-refractivity contribution is 0.268. The third-order valence-electron chi connectivity index (χ3n) is 2.35. The zero-order chi connectivity index (χ0) is 10.7. The fraction of sp³-hybridized carbons (Fsp3) is 0.200. The van der Waals surface area contributed by atoms with Crippen molar-refractivity contribution in [2.45, 2.75) is 6.04 Å². The van der Waals surface area contributed by atoms with Gasteiger partial charge in [-0.15, -0.1) is 0 Å². The summed E-state index contributed by atoms with van der Waals surface area (Å²) in [7, 11) is 0. The van der Waals surface area contributed by atoms with Gasteiger partial charge in [0.1, 0.15) is 0 Å². The van der Waals surface area contributed by atoms with Crippen molar-refractivity contribution in [1.82, 2.24) is 4.98 Å². The minimum absolute atomic E-state index is 0.186. The van der Waals surface area contributed by atoms with Crippen LogP contribution in [0.1, 0.15) is 11.6 Å². The molecule has 1 aromatic carbocycles. The molecule has 0 saturated carbocycles. The van der Waals surface area contributed by atoms with Crippen molar-refractivity contribution in [3.8, 4) is 0 Å². The van der Waals surface area contributed by atoms with E-state index in [1.165, 1.54) is 0 Å². The molecule has 2 N–H and O–H groups in total. The highest BCUT2D eigenvalue weighted by Crippen LogP contribution is 2.25. The minimum Gasteiger partial charge on any atom is -0.396 e. The van der Waals surface area contributed by atoms with E-state index in [0.717, 1.165) is 16.5 Å². The highest BCUT2D eigenvalue weighted by molar-refractivity contribution is 5.83. The molecular formula is C10H10N4O. The number of aliphatic hydroxyl groups is 1. The van der Waals surface area contributed by atoms with Crippen LogP contribution in [0.4, 0.5) is 0 Å². The van der Waals surface area contributed by atoms with Crippen molar-refractivity contribution < 1.29 is 5.11 Å². The number of aromatic nitrogens is 1. The average molecular weight is 202 g/mol. The third-order valence-corrected chi connectivity index (χ3v) is 2.35. The van der Waals surface area contributed by atoms with Crippen LogP contribution in [0.2, 0.25) is 0 Å². The molecule has 1 atom stereocenters. The number of H-pyrrole nitrogens is 1. The molecule has 1 aromatic heterocycles. The van der Waals surface area contributed by atoms with E-state index in [1.807, 2.05) is 30.5 Å². The van der Waals surface area contributed by atoms with Crippen LogP contribution in [0.15, 0.2) is 35.6 Å². The zero-order valence-corrected chi connectivity index (χ0v) is 7.96. The summed E-state index contributed by atoms with van der Waals surface area (Å²) in [5.74, 6) is 0. The summed E-state index contributed by atoms with van der Waals surface area (Å²) in [6.07, 6.45) is 1.82. The second-order valence-corrected chi connectivity index (χ2v) is 3.19. The smallest absolute Gasteiger partial charge is 0.0862 e. The topological polar surface area (TPSA) is 84.8 Å². The van der Waals surface area contributed by atoms with E-state index in [9.17, 15) is 0 Å². The Balaban J connectivity index is 2.58. The molecule has 5 heteroatoms. The first-order valence-electron chi connectivity index (χ1n) is 4.58. The summed E-state index contributed by atoms with van der Waals surface area (Å²) in [4.78, 5) is 5.79. The zero-order valence-electron chi connectivity index (χ0n) is 7.96. The van der Waals surface area contributed by atoms with Crippen LogP contribution in [-0.4, -0.2) is 16.7 Å². The quantitative estimate of drug-likeness (QED) is 0.447. The normalized spacial score (nSPS) is 12.3. The van der Waals surface area contributed by atoms with Crippen molar-refractivity contribution in [1.29, 1.82) is 0 Å².